The normalized spacial score (nSPS) is 11.0. The predicted octanol–water partition coefficient (Wildman–Crippen LogP) is 4.13. The van der Waals surface area contributed by atoms with Crippen molar-refractivity contribution >= 4 is 27.4 Å². The number of benzene rings is 2. The Balaban J connectivity index is 2.43. The molecule has 1 N–H and O–H groups in total. The van der Waals surface area contributed by atoms with Gasteiger partial charge in [-0.25, -0.2) is 0 Å². The number of nitrogens with zero attached hydrogens (tertiary/aromatic N) is 1. The van der Waals surface area contributed by atoms with Crippen LogP contribution in [-0.4, -0.2) is 11.5 Å². The van der Waals surface area contributed by atoms with Gasteiger partial charge in [-0.3, -0.25) is 4.98 Å². The van der Waals surface area contributed by atoms with Crippen LogP contribution in [0.5, 0.6) is 0 Å². The fraction of sp³-hybridized carbons (Fsp3) is 0.188. The zero-order chi connectivity index (χ0) is 12.5. The van der Waals surface area contributed by atoms with E-state index in [4.69, 9.17) is 4.98 Å². The third kappa shape index (κ3) is 1.70. The lowest BCUT2D eigenvalue weighted by atomic mass is 10.0. The van der Waals surface area contributed by atoms with Crippen LogP contribution in [0.3, 0.4) is 0 Å². The number of hydrogen-bond acceptors (Lipinski definition) is 2. The Morgan fingerprint density at radius 2 is 1.89 bits per heavy atom. The fourth-order valence-electron chi connectivity index (χ4n) is 2.42. The molecule has 2 heteroatoms. The van der Waals surface area contributed by atoms with Crippen LogP contribution in [0.4, 0.5) is 5.69 Å². The lowest BCUT2D eigenvalue weighted by Gasteiger charge is -2.10. The van der Waals surface area contributed by atoms with E-state index in [-0.39, 0.29) is 0 Å². The monoisotopic (exact) mass is 236 g/mol. The number of aryl methyl sites for hydroxylation is 1. The van der Waals surface area contributed by atoms with Crippen molar-refractivity contribution in [2.45, 2.75) is 13.8 Å². The molecule has 0 amide bonds. The predicted molar refractivity (Wildman–Crippen MR) is 78.1 cm³/mol. The molecule has 0 fully saturated rings. The molecule has 0 saturated carbocycles. The minimum absolute atomic E-state index is 0.922. The molecule has 1 aromatic heterocycles. The van der Waals surface area contributed by atoms with Crippen molar-refractivity contribution in [1.82, 2.24) is 4.98 Å². The minimum atomic E-state index is 0.922. The van der Waals surface area contributed by atoms with E-state index >= 15 is 0 Å². The number of rotatable bonds is 2. The molecule has 0 radical (unpaired) electrons. The summed E-state index contributed by atoms with van der Waals surface area (Å²) < 4.78 is 0. The molecule has 0 aliphatic carbocycles. The molecule has 18 heavy (non-hydrogen) atoms. The Morgan fingerprint density at radius 1 is 1.06 bits per heavy atom. The summed E-state index contributed by atoms with van der Waals surface area (Å²) in [6.07, 6.45) is 0. The first-order chi connectivity index (χ1) is 8.79. The standard InChI is InChI=1S/C16H16N2/c1-3-17-15-10-11(2)18-16-13-7-5-4-6-12(13)8-9-14(15)16/h4-10H,3H2,1-2H3,(H,17,18). The number of anilines is 1. The number of aromatic nitrogens is 1. The Morgan fingerprint density at radius 3 is 2.72 bits per heavy atom. The van der Waals surface area contributed by atoms with Crippen LogP contribution in [0, 0.1) is 6.92 Å². The molecule has 1 heterocycles. The van der Waals surface area contributed by atoms with Gasteiger partial charge in [0.05, 0.1) is 5.52 Å². The molecule has 0 atom stereocenters. The lowest BCUT2D eigenvalue weighted by molar-refractivity contribution is 1.20. The van der Waals surface area contributed by atoms with Crippen molar-refractivity contribution in [2.24, 2.45) is 0 Å². The summed E-state index contributed by atoms with van der Waals surface area (Å²) in [6.45, 7) is 5.08. The Bertz CT molecular complexity index is 717. The van der Waals surface area contributed by atoms with Crippen LogP contribution < -0.4 is 5.32 Å². The molecule has 0 saturated heterocycles. The molecule has 90 valence electrons. The second-order valence-electron chi connectivity index (χ2n) is 4.52. The van der Waals surface area contributed by atoms with Gasteiger partial charge in [-0.15, -0.1) is 0 Å². The fourth-order valence-corrected chi connectivity index (χ4v) is 2.42. The van der Waals surface area contributed by atoms with Crippen molar-refractivity contribution < 1.29 is 0 Å². The van der Waals surface area contributed by atoms with Gasteiger partial charge in [-0.2, -0.15) is 0 Å². The number of nitrogens with one attached hydrogen (secondary N) is 1. The summed E-state index contributed by atoms with van der Waals surface area (Å²) in [5.41, 5.74) is 3.31. The van der Waals surface area contributed by atoms with Crippen LogP contribution in [0.15, 0.2) is 42.5 Å². The molecule has 0 spiro atoms. The summed E-state index contributed by atoms with van der Waals surface area (Å²) in [6, 6.07) is 14.8. The van der Waals surface area contributed by atoms with Crippen molar-refractivity contribution in [3.8, 4) is 0 Å². The highest BCUT2D eigenvalue weighted by Gasteiger charge is 2.06. The maximum Gasteiger partial charge on any atom is 0.0804 e. The van der Waals surface area contributed by atoms with Crippen LogP contribution in [0.25, 0.3) is 21.7 Å². The summed E-state index contributed by atoms with van der Waals surface area (Å²) in [5, 5.41) is 7.07. The van der Waals surface area contributed by atoms with Gasteiger partial charge >= 0.3 is 0 Å². The maximum atomic E-state index is 4.71. The Hall–Kier alpha value is -2.09. The highest BCUT2D eigenvalue weighted by atomic mass is 14.9. The van der Waals surface area contributed by atoms with Crippen molar-refractivity contribution in [1.29, 1.82) is 0 Å². The molecule has 3 aromatic rings. The van der Waals surface area contributed by atoms with E-state index in [1.165, 1.54) is 21.8 Å². The maximum absolute atomic E-state index is 4.71. The lowest BCUT2D eigenvalue weighted by Crippen LogP contribution is -1.99. The molecule has 2 nitrogen and oxygen atoms in total. The molecule has 0 bridgehead atoms. The minimum Gasteiger partial charge on any atom is -0.385 e. The molecule has 3 rings (SSSR count). The molecule has 2 aromatic carbocycles. The summed E-state index contributed by atoms with van der Waals surface area (Å²) >= 11 is 0. The average Bonchev–Trinajstić information content (AvgIpc) is 2.39. The highest BCUT2D eigenvalue weighted by Crippen LogP contribution is 2.29. The number of hydrogen-bond donors (Lipinski definition) is 1. The van der Waals surface area contributed by atoms with Gasteiger partial charge in [-0.1, -0.05) is 36.4 Å². The van der Waals surface area contributed by atoms with Gasteiger partial charge in [0.25, 0.3) is 0 Å². The van der Waals surface area contributed by atoms with Crippen LogP contribution in [-0.2, 0) is 0 Å². The quantitative estimate of drug-likeness (QED) is 0.677. The number of pyridine rings is 1. The topological polar surface area (TPSA) is 24.9 Å². The zero-order valence-corrected chi connectivity index (χ0v) is 10.7. The van der Waals surface area contributed by atoms with Gasteiger partial charge < -0.3 is 5.32 Å². The van der Waals surface area contributed by atoms with Gasteiger partial charge in [-0.05, 0) is 25.3 Å². The number of fused-ring (bicyclic) bond motifs is 3. The van der Waals surface area contributed by atoms with Gasteiger partial charge in [0.2, 0.25) is 0 Å². The summed E-state index contributed by atoms with van der Waals surface area (Å²) in [5.74, 6) is 0. The molecule has 0 aliphatic heterocycles. The van der Waals surface area contributed by atoms with Gasteiger partial charge in [0.15, 0.2) is 0 Å². The van der Waals surface area contributed by atoms with E-state index in [2.05, 4.69) is 54.7 Å². The largest absolute Gasteiger partial charge is 0.385 e. The van der Waals surface area contributed by atoms with Crippen LogP contribution >= 0.6 is 0 Å². The van der Waals surface area contributed by atoms with E-state index < -0.39 is 0 Å². The van der Waals surface area contributed by atoms with Crippen molar-refractivity contribution in [3.63, 3.8) is 0 Å². The van der Waals surface area contributed by atoms with E-state index in [0.29, 0.717) is 0 Å². The van der Waals surface area contributed by atoms with Crippen molar-refractivity contribution in [2.75, 3.05) is 11.9 Å². The molecular formula is C16H16N2. The zero-order valence-electron chi connectivity index (χ0n) is 10.7. The first kappa shape index (κ1) is 11.0. The average molecular weight is 236 g/mol. The second kappa shape index (κ2) is 4.30. The SMILES string of the molecule is CCNc1cc(C)nc2c1ccc1ccccc12. The van der Waals surface area contributed by atoms with Crippen LogP contribution in [0.1, 0.15) is 12.6 Å². The highest BCUT2D eigenvalue weighted by molar-refractivity contribution is 6.09. The van der Waals surface area contributed by atoms with E-state index in [1.807, 2.05) is 6.92 Å². The Labute approximate surface area is 107 Å². The molecule has 0 unspecified atom stereocenters. The second-order valence-corrected chi connectivity index (χ2v) is 4.52. The van der Waals surface area contributed by atoms with Crippen LogP contribution in [0.2, 0.25) is 0 Å². The smallest absolute Gasteiger partial charge is 0.0804 e. The van der Waals surface area contributed by atoms with E-state index in [9.17, 15) is 0 Å². The molecule has 0 aliphatic rings. The summed E-state index contributed by atoms with van der Waals surface area (Å²) in [4.78, 5) is 4.71. The Kier molecular flexibility index (Phi) is 2.63. The van der Waals surface area contributed by atoms with E-state index in [0.717, 1.165) is 17.8 Å². The molecular weight excluding hydrogens is 220 g/mol. The van der Waals surface area contributed by atoms with Crippen molar-refractivity contribution in [3.05, 3.63) is 48.2 Å². The first-order valence-electron chi connectivity index (χ1n) is 6.32. The third-order valence-electron chi connectivity index (χ3n) is 3.20. The first-order valence-corrected chi connectivity index (χ1v) is 6.32. The van der Waals surface area contributed by atoms with Gasteiger partial charge in [0, 0.05) is 28.7 Å². The summed E-state index contributed by atoms with van der Waals surface area (Å²) in [7, 11) is 0. The third-order valence-corrected chi connectivity index (χ3v) is 3.20. The van der Waals surface area contributed by atoms with Gasteiger partial charge in [0.1, 0.15) is 0 Å². The van der Waals surface area contributed by atoms with E-state index in [1.54, 1.807) is 0 Å².